The third-order valence-corrected chi connectivity index (χ3v) is 2.57. The molecule has 0 saturated heterocycles. The van der Waals surface area contributed by atoms with Crippen LogP contribution in [0.2, 0.25) is 0 Å². The maximum atomic E-state index is 10.3. The fourth-order valence-electron chi connectivity index (χ4n) is 1.56. The Morgan fingerprint density at radius 2 is 2.06 bits per heavy atom. The van der Waals surface area contributed by atoms with Gasteiger partial charge in [-0.1, -0.05) is 24.3 Å². The first-order valence-corrected chi connectivity index (χ1v) is 5.67. The quantitative estimate of drug-likeness (QED) is 0.695. The molecule has 3 heteroatoms. The highest BCUT2D eigenvalue weighted by Crippen LogP contribution is 2.06. The highest BCUT2D eigenvalue weighted by molar-refractivity contribution is 5.66. The van der Waals surface area contributed by atoms with E-state index in [0.29, 0.717) is 0 Å². The number of aryl methyl sites for hydroxylation is 1. The molecule has 0 heterocycles. The lowest BCUT2D eigenvalue weighted by Crippen LogP contribution is -2.15. The molecule has 0 radical (unpaired) electrons. The van der Waals surface area contributed by atoms with Crippen LogP contribution in [0, 0.1) is 6.92 Å². The van der Waals surface area contributed by atoms with Gasteiger partial charge in [-0.3, -0.25) is 4.79 Å². The van der Waals surface area contributed by atoms with Crippen molar-refractivity contribution < 1.29 is 9.90 Å². The van der Waals surface area contributed by atoms with Crippen molar-refractivity contribution in [3.63, 3.8) is 0 Å². The molecule has 3 nitrogen and oxygen atoms in total. The van der Waals surface area contributed by atoms with Crippen molar-refractivity contribution in [2.45, 2.75) is 32.7 Å². The van der Waals surface area contributed by atoms with E-state index in [2.05, 4.69) is 24.4 Å². The lowest BCUT2D eigenvalue weighted by Gasteiger charge is -2.06. The zero-order valence-electron chi connectivity index (χ0n) is 9.70. The van der Waals surface area contributed by atoms with Crippen LogP contribution in [0.4, 0.5) is 0 Å². The van der Waals surface area contributed by atoms with Crippen molar-refractivity contribution >= 4 is 5.97 Å². The molecule has 0 amide bonds. The van der Waals surface area contributed by atoms with Gasteiger partial charge in [0, 0.05) is 13.0 Å². The molecule has 2 N–H and O–H groups in total. The molecule has 1 aromatic rings. The fourth-order valence-corrected chi connectivity index (χ4v) is 1.56. The van der Waals surface area contributed by atoms with Crippen molar-refractivity contribution in [3.8, 4) is 0 Å². The maximum absolute atomic E-state index is 10.3. The number of benzene rings is 1. The van der Waals surface area contributed by atoms with Gasteiger partial charge in [0.2, 0.25) is 0 Å². The van der Waals surface area contributed by atoms with Crippen LogP contribution < -0.4 is 5.32 Å². The number of rotatable bonds is 7. The molecular weight excluding hydrogens is 202 g/mol. The van der Waals surface area contributed by atoms with Gasteiger partial charge in [-0.25, -0.2) is 0 Å². The average Bonchev–Trinajstić information content (AvgIpc) is 2.25. The SMILES string of the molecule is Cc1ccccc1CNCCCCC(=O)O. The van der Waals surface area contributed by atoms with Crippen LogP contribution in [0.1, 0.15) is 30.4 Å². The lowest BCUT2D eigenvalue weighted by atomic mass is 10.1. The third-order valence-electron chi connectivity index (χ3n) is 2.57. The number of carbonyl (C=O) groups is 1. The highest BCUT2D eigenvalue weighted by Gasteiger charge is 1.97. The van der Waals surface area contributed by atoms with Crippen molar-refractivity contribution in [2.75, 3.05) is 6.54 Å². The number of carboxylic acids is 1. The lowest BCUT2D eigenvalue weighted by molar-refractivity contribution is -0.137. The van der Waals surface area contributed by atoms with Crippen molar-refractivity contribution in [2.24, 2.45) is 0 Å². The summed E-state index contributed by atoms with van der Waals surface area (Å²) in [5.41, 5.74) is 2.60. The Morgan fingerprint density at radius 1 is 1.31 bits per heavy atom. The topological polar surface area (TPSA) is 49.3 Å². The van der Waals surface area contributed by atoms with E-state index in [4.69, 9.17) is 5.11 Å². The summed E-state index contributed by atoms with van der Waals surface area (Å²) in [5, 5.41) is 11.8. The second kappa shape index (κ2) is 7.01. The van der Waals surface area contributed by atoms with E-state index in [-0.39, 0.29) is 6.42 Å². The minimum atomic E-state index is -0.709. The Balaban J connectivity index is 2.12. The van der Waals surface area contributed by atoms with Gasteiger partial charge < -0.3 is 10.4 Å². The Labute approximate surface area is 96.5 Å². The number of unbranched alkanes of at least 4 members (excludes halogenated alkanes) is 1. The average molecular weight is 221 g/mol. The Bertz CT molecular complexity index is 336. The van der Waals surface area contributed by atoms with Gasteiger partial charge in [0.15, 0.2) is 0 Å². The number of carboxylic acid groups (broad SMARTS) is 1. The van der Waals surface area contributed by atoms with Crippen LogP contribution >= 0.6 is 0 Å². The molecule has 0 atom stereocenters. The zero-order chi connectivity index (χ0) is 11.8. The monoisotopic (exact) mass is 221 g/mol. The molecular formula is C13H19NO2. The third kappa shape index (κ3) is 4.94. The van der Waals surface area contributed by atoms with Crippen molar-refractivity contribution in [1.29, 1.82) is 0 Å². The van der Waals surface area contributed by atoms with Gasteiger partial charge in [0.1, 0.15) is 0 Å². The van der Waals surface area contributed by atoms with Crippen LogP contribution in [0.3, 0.4) is 0 Å². The van der Waals surface area contributed by atoms with E-state index in [0.717, 1.165) is 25.9 Å². The van der Waals surface area contributed by atoms with E-state index >= 15 is 0 Å². The molecule has 0 unspecified atom stereocenters. The fraction of sp³-hybridized carbons (Fsp3) is 0.462. The Kier molecular flexibility index (Phi) is 5.57. The predicted molar refractivity (Wildman–Crippen MR) is 64.4 cm³/mol. The van der Waals surface area contributed by atoms with E-state index in [9.17, 15) is 4.79 Å². The van der Waals surface area contributed by atoms with Gasteiger partial charge >= 0.3 is 5.97 Å². The number of hydrogen-bond acceptors (Lipinski definition) is 2. The molecule has 0 aliphatic carbocycles. The molecule has 0 aliphatic rings. The highest BCUT2D eigenvalue weighted by atomic mass is 16.4. The summed E-state index contributed by atoms with van der Waals surface area (Å²) in [6.45, 7) is 3.84. The van der Waals surface area contributed by atoms with Crippen molar-refractivity contribution in [1.82, 2.24) is 5.32 Å². The summed E-state index contributed by atoms with van der Waals surface area (Å²) in [6, 6.07) is 8.28. The van der Waals surface area contributed by atoms with Crippen molar-refractivity contribution in [3.05, 3.63) is 35.4 Å². The normalized spacial score (nSPS) is 10.3. The number of aliphatic carboxylic acids is 1. The largest absolute Gasteiger partial charge is 0.481 e. The molecule has 0 aliphatic heterocycles. The predicted octanol–water partition coefficient (Wildman–Crippen LogP) is 2.34. The smallest absolute Gasteiger partial charge is 0.303 e. The molecule has 88 valence electrons. The van der Waals surface area contributed by atoms with Gasteiger partial charge in [-0.15, -0.1) is 0 Å². The Morgan fingerprint density at radius 3 is 2.75 bits per heavy atom. The van der Waals surface area contributed by atoms with E-state index < -0.39 is 5.97 Å². The van der Waals surface area contributed by atoms with Crippen LogP contribution in [0.25, 0.3) is 0 Å². The first-order valence-electron chi connectivity index (χ1n) is 5.67. The first kappa shape index (κ1) is 12.7. The summed E-state index contributed by atoms with van der Waals surface area (Å²) in [5.74, 6) is -0.709. The summed E-state index contributed by atoms with van der Waals surface area (Å²) < 4.78 is 0. The molecule has 0 spiro atoms. The first-order chi connectivity index (χ1) is 7.70. The van der Waals surface area contributed by atoms with Gasteiger partial charge in [0.25, 0.3) is 0 Å². The summed E-state index contributed by atoms with van der Waals surface area (Å²) >= 11 is 0. The molecule has 0 fully saturated rings. The van der Waals surface area contributed by atoms with Crippen LogP contribution in [-0.4, -0.2) is 17.6 Å². The van der Waals surface area contributed by atoms with Crippen LogP contribution in [-0.2, 0) is 11.3 Å². The van der Waals surface area contributed by atoms with Gasteiger partial charge in [0.05, 0.1) is 0 Å². The van der Waals surface area contributed by atoms with Crippen LogP contribution in [0.15, 0.2) is 24.3 Å². The molecule has 0 saturated carbocycles. The zero-order valence-corrected chi connectivity index (χ0v) is 9.70. The molecule has 0 bridgehead atoms. The molecule has 0 aromatic heterocycles. The summed E-state index contributed by atoms with van der Waals surface area (Å²) in [4.78, 5) is 10.3. The standard InChI is InChI=1S/C13H19NO2/c1-11-6-2-3-7-12(11)10-14-9-5-4-8-13(15)16/h2-3,6-7,14H,4-5,8-10H2,1H3,(H,15,16). The molecule has 16 heavy (non-hydrogen) atoms. The maximum Gasteiger partial charge on any atom is 0.303 e. The van der Waals surface area contributed by atoms with Gasteiger partial charge in [-0.2, -0.15) is 0 Å². The Hall–Kier alpha value is -1.35. The van der Waals surface area contributed by atoms with E-state index in [1.165, 1.54) is 11.1 Å². The molecule has 1 aromatic carbocycles. The van der Waals surface area contributed by atoms with E-state index in [1.54, 1.807) is 0 Å². The van der Waals surface area contributed by atoms with E-state index in [1.807, 2.05) is 12.1 Å². The molecule has 1 rings (SSSR count). The van der Waals surface area contributed by atoms with Gasteiger partial charge in [-0.05, 0) is 37.4 Å². The summed E-state index contributed by atoms with van der Waals surface area (Å²) in [7, 11) is 0. The number of nitrogens with one attached hydrogen (secondary N) is 1. The minimum Gasteiger partial charge on any atom is -0.481 e. The minimum absolute atomic E-state index is 0.270. The second-order valence-corrected chi connectivity index (χ2v) is 3.95. The summed E-state index contributed by atoms with van der Waals surface area (Å²) in [6.07, 6.45) is 1.93. The number of hydrogen-bond donors (Lipinski definition) is 2. The second-order valence-electron chi connectivity index (χ2n) is 3.95. The van der Waals surface area contributed by atoms with Crippen LogP contribution in [0.5, 0.6) is 0 Å².